The average molecular weight is 623 g/mol. The second-order valence-electron chi connectivity index (χ2n) is 17.3. The molecule has 8 nitrogen and oxygen atoms in total. The Morgan fingerprint density at radius 2 is 1.57 bits per heavy atom. The molecule has 0 aromatic heterocycles. The zero-order valence-corrected chi connectivity index (χ0v) is 28.5. The molecule has 5 rings (SSSR count). The summed E-state index contributed by atoms with van der Waals surface area (Å²) in [5, 5.41) is 64.9. The van der Waals surface area contributed by atoms with Gasteiger partial charge >= 0.3 is 0 Å². The Kier molecular flexibility index (Phi) is 9.35. The molecule has 5 fully saturated rings. The quantitative estimate of drug-likeness (QED) is 0.182. The molecule has 254 valence electrons. The number of aliphatic hydroxyl groups is 6. The van der Waals surface area contributed by atoms with Gasteiger partial charge in [0.15, 0.2) is 6.29 Å². The minimum Gasteiger partial charge on any atom is -0.394 e. The maximum atomic E-state index is 12.2. The van der Waals surface area contributed by atoms with Crippen molar-refractivity contribution >= 4 is 0 Å². The van der Waals surface area contributed by atoms with Gasteiger partial charge in [0.05, 0.1) is 24.4 Å². The van der Waals surface area contributed by atoms with Crippen LogP contribution in [0.5, 0.6) is 0 Å². The summed E-state index contributed by atoms with van der Waals surface area (Å²) in [6.45, 7) is 17.5. The van der Waals surface area contributed by atoms with Crippen LogP contribution in [0.1, 0.15) is 113 Å². The van der Waals surface area contributed by atoms with E-state index >= 15 is 0 Å². The van der Waals surface area contributed by atoms with Crippen LogP contribution in [0.4, 0.5) is 0 Å². The summed E-state index contributed by atoms with van der Waals surface area (Å²) in [4.78, 5) is 0. The van der Waals surface area contributed by atoms with Crippen LogP contribution < -0.4 is 0 Å². The van der Waals surface area contributed by atoms with E-state index in [9.17, 15) is 30.6 Å². The minimum absolute atomic E-state index is 0.0316. The topological polar surface area (TPSA) is 140 Å². The van der Waals surface area contributed by atoms with E-state index in [1.807, 2.05) is 6.92 Å². The molecule has 4 saturated carbocycles. The summed E-state index contributed by atoms with van der Waals surface area (Å²) in [7, 11) is 0. The lowest BCUT2D eigenvalue weighted by Gasteiger charge is -2.71. The van der Waals surface area contributed by atoms with E-state index in [0.29, 0.717) is 0 Å². The molecule has 5 aliphatic rings. The van der Waals surface area contributed by atoms with Gasteiger partial charge in [0.2, 0.25) is 0 Å². The zero-order chi connectivity index (χ0) is 32.6. The van der Waals surface area contributed by atoms with E-state index in [1.165, 1.54) is 5.57 Å². The number of fused-ring (bicyclic) bond motifs is 5. The molecule has 0 aromatic rings. The first kappa shape index (κ1) is 34.7. The summed E-state index contributed by atoms with van der Waals surface area (Å²) < 4.78 is 12.2. The van der Waals surface area contributed by atoms with Crippen molar-refractivity contribution in [2.45, 2.75) is 162 Å². The van der Waals surface area contributed by atoms with E-state index in [4.69, 9.17) is 9.47 Å². The summed E-state index contributed by atoms with van der Waals surface area (Å²) >= 11 is 0. The SMILES string of the molecule is CC(C)=CCC[C@](C)(O)[C@H]1CC[C@]2(C)[C@@H]1C[C@@H](O)[C@@H]1[C@@]3(C)CC[C@H](O[C@@H]4O[C@H](CO)[C@@H](O)[C@H](O)[C@H]4O)C(C)(C)[C@@H]3CC[C@]12C. The highest BCUT2D eigenvalue weighted by atomic mass is 16.7. The predicted molar refractivity (Wildman–Crippen MR) is 168 cm³/mol. The largest absolute Gasteiger partial charge is 0.394 e. The molecule has 0 unspecified atom stereocenters. The Hall–Kier alpha value is -0.580. The van der Waals surface area contributed by atoms with Crippen molar-refractivity contribution in [3.05, 3.63) is 11.6 Å². The number of aliphatic hydroxyl groups excluding tert-OH is 5. The highest BCUT2D eigenvalue weighted by Crippen LogP contribution is 2.76. The van der Waals surface area contributed by atoms with Crippen LogP contribution in [0.15, 0.2) is 11.6 Å². The Bertz CT molecular complexity index is 1070. The van der Waals surface area contributed by atoms with Crippen LogP contribution in [0.3, 0.4) is 0 Å². The monoisotopic (exact) mass is 622 g/mol. The molecule has 0 radical (unpaired) electrons. The van der Waals surface area contributed by atoms with E-state index in [1.54, 1.807) is 0 Å². The van der Waals surface area contributed by atoms with Crippen molar-refractivity contribution in [2.75, 3.05) is 6.61 Å². The molecule has 8 heteroatoms. The van der Waals surface area contributed by atoms with Crippen LogP contribution in [0.25, 0.3) is 0 Å². The second-order valence-corrected chi connectivity index (χ2v) is 17.3. The van der Waals surface area contributed by atoms with Crippen LogP contribution in [-0.2, 0) is 9.47 Å². The van der Waals surface area contributed by atoms with Crippen LogP contribution >= 0.6 is 0 Å². The van der Waals surface area contributed by atoms with Gasteiger partial charge in [-0.05, 0) is 124 Å². The molecule has 1 aliphatic heterocycles. The van der Waals surface area contributed by atoms with Gasteiger partial charge < -0.3 is 40.1 Å². The number of hydrogen-bond donors (Lipinski definition) is 6. The van der Waals surface area contributed by atoms with Crippen molar-refractivity contribution < 1.29 is 40.1 Å². The van der Waals surface area contributed by atoms with Gasteiger partial charge in [-0.3, -0.25) is 0 Å². The normalized spacial score (nSPS) is 51.5. The third-order valence-electron chi connectivity index (χ3n) is 14.4. The molecule has 15 atom stereocenters. The molecule has 0 bridgehead atoms. The number of hydrogen-bond acceptors (Lipinski definition) is 8. The molecule has 4 aliphatic carbocycles. The molecule has 0 aromatic carbocycles. The fourth-order valence-corrected chi connectivity index (χ4v) is 12.0. The first-order valence-corrected chi connectivity index (χ1v) is 17.3. The summed E-state index contributed by atoms with van der Waals surface area (Å²) in [6.07, 6.45) is 3.09. The van der Waals surface area contributed by atoms with Gasteiger partial charge in [-0.25, -0.2) is 0 Å². The summed E-state index contributed by atoms with van der Waals surface area (Å²) in [6, 6.07) is 0. The lowest BCUT2D eigenvalue weighted by atomic mass is 9.35. The maximum Gasteiger partial charge on any atom is 0.186 e. The molecule has 6 N–H and O–H groups in total. The lowest BCUT2D eigenvalue weighted by molar-refractivity contribution is -0.333. The first-order valence-electron chi connectivity index (χ1n) is 17.3. The average Bonchev–Trinajstić information content (AvgIpc) is 3.28. The highest BCUT2D eigenvalue weighted by molar-refractivity contribution is 5.20. The van der Waals surface area contributed by atoms with E-state index < -0.39 is 49.0 Å². The second kappa shape index (κ2) is 11.8. The van der Waals surface area contributed by atoms with E-state index in [-0.39, 0.29) is 51.4 Å². The standard InChI is InChI=1S/C36H62O8/c1-20(2)10-9-14-36(8,42)21-11-16-34(6)22(21)18-23(38)30-33(5)15-13-26(32(3,4)25(33)12-17-35(30,34)7)44-31-29(41)28(40)27(39)24(19-37)43-31/h10,21-31,37-42H,9,11-19H2,1-8H3/t21-,22+,23+,24+,25-,26-,27+,28-,29+,30+,31-,33-,34+,35+,36-/m0/s1. The Morgan fingerprint density at radius 3 is 2.20 bits per heavy atom. The van der Waals surface area contributed by atoms with E-state index in [2.05, 4.69) is 54.5 Å². The summed E-state index contributed by atoms with van der Waals surface area (Å²) in [5.74, 6) is 0.836. The van der Waals surface area contributed by atoms with Crippen molar-refractivity contribution in [3.8, 4) is 0 Å². The first-order chi connectivity index (χ1) is 20.3. The minimum atomic E-state index is -1.47. The van der Waals surface area contributed by atoms with Crippen molar-refractivity contribution in [1.29, 1.82) is 0 Å². The Labute approximate surface area is 265 Å². The zero-order valence-electron chi connectivity index (χ0n) is 28.5. The Morgan fingerprint density at radius 1 is 0.909 bits per heavy atom. The van der Waals surface area contributed by atoms with Crippen molar-refractivity contribution in [2.24, 2.45) is 45.3 Å². The van der Waals surface area contributed by atoms with Gasteiger partial charge in [-0.2, -0.15) is 0 Å². The van der Waals surface area contributed by atoms with Crippen LogP contribution in [0.2, 0.25) is 0 Å². The fraction of sp³-hybridized carbons (Fsp3) is 0.944. The van der Waals surface area contributed by atoms with Crippen LogP contribution in [0, 0.1) is 45.3 Å². The molecular formula is C36H62O8. The molecular weight excluding hydrogens is 560 g/mol. The van der Waals surface area contributed by atoms with Gasteiger partial charge in [0.1, 0.15) is 24.4 Å². The van der Waals surface area contributed by atoms with Crippen molar-refractivity contribution in [1.82, 2.24) is 0 Å². The fourth-order valence-electron chi connectivity index (χ4n) is 12.0. The lowest BCUT2D eigenvalue weighted by Crippen LogP contribution is -2.68. The van der Waals surface area contributed by atoms with Gasteiger partial charge in [0.25, 0.3) is 0 Å². The van der Waals surface area contributed by atoms with Gasteiger partial charge in [-0.15, -0.1) is 0 Å². The number of allylic oxidation sites excluding steroid dienone is 2. The van der Waals surface area contributed by atoms with Crippen molar-refractivity contribution in [3.63, 3.8) is 0 Å². The third-order valence-corrected chi connectivity index (χ3v) is 14.4. The highest BCUT2D eigenvalue weighted by Gasteiger charge is 2.71. The molecule has 1 heterocycles. The number of ether oxygens (including phenoxy) is 2. The molecule has 0 amide bonds. The molecule has 1 saturated heterocycles. The predicted octanol–water partition coefficient (Wildman–Crippen LogP) is 4.32. The van der Waals surface area contributed by atoms with Gasteiger partial charge in [-0.1, -0.05) is 46.3 Å². The summed E-state index contributed by atoms with van der Waals surface area (Å²) in [5.41, 5.74) is 0.0542. The van der Waals surface area contributed by atoms with Crippen LogP contribution in [-0.4, -0.2) is 85.8 Å². The molecule has 44 heavy (non-hydrogen) atoms. The van der Waals surface area contributed by atoms with E-state index in [0.717, 1.165) is 57.8 Å². The third kappa shape index (κ3) is 5.26. The Balaban J connectivity index is 1.38. The smallest absolute Gasteiger partial charge is 0.186 e. The maximum absolute atomic E-state index is 12.2. The molecule has 0 spiro atoms. The number of rotatable bonds is 7. The van der Waals surface area contributed by atoms with Gasteiger partial charge in [0, 0.05) is 0 Å².